The lowest BCUT2D eigenvalue weighted by atomic mass is 10.0. The Labute approximate surface area is 344 Å². The number of esters is 2. The number of nitrogens with zero attached hydrogens (tertiary/aromatic N) is 2. The van der Waals surface area contributed by atoms with Gasteiger partial charge in [0.2, 0.25) is 0 Å². The van der Waals surface area contributed by atoms with Crippen LogP contribution in [-0.2, 0) is 14.3 Å². The van der Waals surface area contributed by atoms with Crippen LogP contribution in [0.3, 0.4) is 0 Å². The summed E-state index contributed by atoms with van der Waals surface area (Å²) >= 11 is 4.23. The zero-order chi connectivity index (χ0) is 41.0. The van der Waals surface area contributed by atoms with Gasteiger partial charge in [-0.3, -0.25) is 0 Å². The zero-order valence-electron chi connectivity index (χ0n) is 32.5. The van der Waals surface area contributed by atoms with Gasteiger partial charge in [-0.1, -0.05) is 50.6 Å². The molecule has 3 aromatic heterocycles. The van der Waals surface area contributed by atoms with Crippen LogP contribution < -0.4 is 9.47 Å². The second-order valence-electron chi connectivity index (χ2n) is 13.0. The van der Waals surface area contributed by atoms with Crippen molar-refractivity contribution in [2.24, 2.45) is 0 Å². The highest BCUT2D eigenvalue weighted by Gasteiger charge is 2.30. The van der Waals surface area contributed by atoms with E-state index in [0.717, 1.165) is 64.6 Å². The lowest BCUT2D eigenvalue weighted by Gasteiger charge is -2.20. The van der Waals surface area contributed by atoms with Gasteiger partial charge in [-0.15, -0.1) is 22.7 Å². The summed E-state index contributed by atoms with van der Waals surface area (Å²) in [6.45, 7) is 24.4. The first kappa shape index (κ1) is 40.5. The molecule has 0 saturated heterocycles. The Kier molecular flexibility index (Phi) is 12.3. The average Bonchev–Trinajstić information content (AvgIpc) is 3.99. The van der Waals surface area contributed by atoms with E-state index in [2.05, 4.69) is 70.5 Å². The van der Waals surface area contributed by atoms with E-state index in [1.807, 2.05) is 32.1 Å². The van der Waals surface area contributed by atoms with E-state index in [9.17, 15) is 9.59 Å². The summed E-state index contributed by atoms with van der Waals surface area (Å²) in [5.41, 5.74) is 9.33. The molecule has 11 heteroatoms. The summed E-state index contributed by atoms with van der Waals surface area (Å²) in [5, 5.41) is 0. The summed E-state index contributed by atoms with van der Waals surface area (Å²) < 4.78 is 33.1. The molecule has 0 aliphatic rings. The number of carbonyl (C=O) groups excluding carboxylic acids is 2. The van der Waals surface area contributed by atoms with Crippen molar-refractivity contribution in [3.8, 4) is 48.6 Å². The van der Waals surface area contributed by atoms with Crippen molar-refractivity contribution >= 4 is 62.9 Å². The lowest BCUT2D eigenvalue weighted by Crippen LogP contribution is -2.03. The first-order valence-electron chi connectivity index (χ1n) is 17.6. The van der Waals surface area contributed by atoms with Gasteiger partial charge in [0.25, 0.3) is 0 Å². The van der Waals surface area contributed by atoms with Gasteiger partial charge in [0.1, 0.15) is 22.5 Å². The highest BCUT2D eigenvalue weighted by molar-refractivity contribution is 7.19. The third-order valence-electron chi connectivity index (χ3n) is 9.07. The molecule has 3 heterocycles. The van der Waals surface area contributed by atoms with Crippen molar-refractivity contribution < 1.29 is 28.5 Å². The van der Waals surface area contributed by atoms with Gasteiger partial charge in [-0.2, -0.15) is 8.75 Å². The van der Waals surface area contributed by atoms with E-state index in [0.29, 0.717) is 45.0 Å². The Bertz CT molecular complexity index is 2630. The highest BCUT2D eigenvalue weighted by atomic mass is 32.1. The molecule has 0 amide bonds. The standard InChI is InChI=1S/C46H40N2O6S3/c1-11-26(4)37(25(2)3)33-21-23-35(55-33)39-41-42(48-57-47-41)40(36-24-22-34(56-36)38-27(5)13-12-14-28(38)6)44(54-32-19-17-31(18-20-32)46(50)52-10)43(39)53-30(8)16-15-29(7)45(49)51-9/h11-24H,1-2,7-8H2,3-6,9-10H3/b16-15-,37-26+. The van der Waals surface area contributed by atoms with Gasteiger partial charge in [0.15, 0.2) is 11.5 Å². The molecule has 57 heavy (non-hydrogen) atoms. The van der Waals surface area contributed by atoms with Crippen molar-refractivity contribution in [1.29, 1.82) is 0 Å². The number of hydrogen-bond donors (Lipinski definition) is 0. The minimum absolute atomic E-state index is 0.113. The van der Waals surface area contributed by atoms with Crippen LogP contribution in [0.1, 0.15) is 40.2 Å². The van der Waals surface area contributed by atoms with Crippen molar-refractivity contribution in [3.63, 3.8) is 0 Å². The number of ether oxygens (including phenoxy) is 4. The number of carbonyl (C=O) groups is 2. The van der Waals surface area contributed by atoms with Crippen LogP contribution in [0.15, 0.2) is 134 Å². The average molecular weight is 813 g/mol. The van der Waals surface area contributed by atoms with Crippen molar-refractivity contribution in [2.45, 2.75) is 27.7 Å². The fraction of sp³-hybridized carbons (Fsp3) is 0.130. The van der Waals surface area contributed by atoms with Crippen LogP contribution in [0, 0.1) is 13.8 Å². The predicted molar refractivity (Wildman–Crippen MR) is 234 cm³/mol. The van der Waals surface area contributed by atoms with Gasteiger partial charge in [-0.25, -0.2) is 9.59 Å². The number of thiophene rings is 2. The Morgan fingerprint density at radius 3 is 1.91 bits per heavy atom. The van der Waals surface area contributed by atoms with Gasteiger partial charge < -0.3 is 18.9 Å². The largest absolute Gasteiger partial charge is 0.465 e. The third kappa shape index (κ3) is 8.36. The molecule has 0 spiro atoms. The van der Waals surface area contributed by atoms with E-state index in [1.165, 1.54) is 20.3 Å². The number of hydrogen-bond acceptors (Lipinski definition) is 11. The fourth-order valence-corrected chi connectivity index (χ4v) is 9.34. The van der Waals surface area contributed by atoms with Gasteiger partial charge in [0, 0.05) is 19.5 Å². The second-order valence-corrected chi connectivity index (χ2v) is 15.7. The molecule has 0 fully saturated rings. The fourth-order valence-electron chi connectivity index (χ4n) is 6.32. The number of aryl methyl sites for hydroxylation is 2. The SMILES string of the molecule is C=C/C(C)=C(\C(=C)C)c1ccc(-c2c(OC(=C)/C=C\C(=C)C(=O)OC)c(Oc3ccc(C(=O)OC)cc3)c(-c3ccc(-c4c(C)cccc4C)s3)c3nsnc23)s1. The summed E-state index contributed by atoms with van der Waals surface area (Å²) in [5.74, 6) is 0.217. The zero-order valence-corrected chi connectivity index (χ0v) is 34.9. The van der Waals surface area contributed by atoms with Crippen molar-refractivity contribution in [3.05, 3.63) is 155 Å². The van der Waals surface area contributed by atoms with E-state index >= 15 is 0 Å². The van der Waals surface area contributed by atoms with Crippen LogP contribution in [0.5, 0.6) is 17.2 Å². The van der Waals surface area contributed by atoms with E-state index in [1.54, 1.807) is 53.0 Å². The second kappa shape index (κ2) is 17.3. The minimum Gasteiger partial charge on any atom is -0.465 e. The molecule has 288 valence electrons. The van der Waals surface area contributed by atoms with E-state index in [4.69, 9.17) is 27.7 Å². The molecule has 6 aromatic rings. The summed E-state index contributed by atoms with van der Waals surface area (Å²) in [7, 11) is 2.62. The third-order valence-corrected chi connectivity index (χ3v) is 11.8. The molecule has 6 rings (SSSR count). The number of fused-ring (bicyclic) bond motifs is 1. The van der Waals surface area contributed by atoms with Crippen molar-refractivity contribution in [1.82, 2.24) is 8.75 Å². The highest BCUT2D eigenvalue weighted by Crippen LogP contribution is 2.55. The van der Waals surface area contributed by atoms with Crippen LogP contribution in [-0.4, -0.2) is 34.9 Å². The van der Waals surface area contributed by atoms with Gasteiger partial charge in [-0.05, 0) is 122 Å². The van der Waals surface area contributed by atoms with E-state index < -0.39 is 11.9 Å². The Morgan fingerprint density at radius 2 is 1.32 bits per heavy atom. The van der Waals surface area contributed by atoms with E-state index in [-0.39, 0.29) is 11.3 Å². The number of aromatic nitrogens is 2. The maximum Gasteiger partial charge on any atom is 0.337 e. The van der Waals surface area contributed by atoms with Crippen LogP contribution in [0.2, 0.25) is 0 Å². The number of methoxy groups -OCH3 is 2. The normalized spacial score (nSPS) is 11.6. The Hall–Kier alpha value is -6.14. The summed E-state index contributed by atoms with van der Waals surface area (Å²) in [6.07, 6.45) is 4.84. The summed E-state index contributed by atoms with van der Waals surface area (Å²) in [4.78, 5) is 28.3. The molecular weight excluding hydrogens is 773 g/mol. The molecule has 0 unspecified atom stereocenters. The smallest absolute Gasteiger partial charge is 0.337 e. The number of allylic oxidation sites excluding steroid dienone is 5. The number of rotatable bonds is 14. The first-order valence-corrected chi connectivity index (χ1v) is 20.0. The monoisotopic (exact) mass is 812 g/mol. The quantitative estimate of drug-likeness (QED) is 0.0464. The molecule has 0 radical (unpaired) electrons. The van der Waals surface area contributed by atoms with Crippen LogP contribution in [0.25, 0.3) is 47.9 Å². The Morgan fingerprint density at radius 1 is 0.719 bits per heavy atom. The topological polar surface area (TPSA) is 96.8 Å². The first-order chi connectivity index (χ1) is 27.4. The van der Waals surface area contributed by atoms with Crippen molar-refractivity contribution in [2.75, 3.05) is 14.2 Å². The molecule has 0 N–H and O–H groups in total. The lowest BCUT2D eigenvalue weighted by molar-refractivity contribution is -0.135. The maximum atomic E-state index is 12.3. The molecule has 3 aromatic carbocycles. The summed E-state index contributed by atoms with van der Waals surface area (Å²) in [6, 6.07) is 21.1. The molecule has 0 aliphatic carbocycles. The Balaban J connectivity index is 1.66. The predicted octanol–water partition coefficient (Wildman–Crippen LogP) is 12.7. The molecular formula is C46H40N2O6S3. The molecule has 0 saturated carbocycles. The van der Waals surface area contributed by atoms with Crippen LogP contribution in [0.4, 0.5) is 0 Å². The molecule has 0 atom stereocenters. The molecule has 0 aliphatic heterocycles. The number of benzene rings is 3. The minimum atomic E-state index is -0.587. The van der Waals surface area contributed by atoms with Gasteiger partial charge in [0.05, 0.1) is 48.2 Å². The maximum absolute atomic E-state index is 12.3. The molecule has 8 nitrogen and oxygen atoms in total. The van der Waals surface area contributed by atoms with Crippen LogP contribution >= 0.6 is 34.4 Å². The van der Waals surface area contributed by atoms with Gasteiger partial charge >= 0.3 is 11.9 Å². The molecule has 0 bridgehead atoms.